The summed E-state index contributed by atoms with van der Waals surface area (Å²) >= 11 is 0. The van der Waals surface area contributed by atoms with E-state index in [9.17, 15) is 14.4 Å². The minimum Gasteiger partial charge on any atom is -0.444 e. The number of rotatable bonds is 4. The van der Waals surface area contributed by atoms with Crippen LogP contribution in [0.5, 0.6) is 0 Å². The summed E-state index contributed by atoms with van der Waals surface area (Å²) in [6.07, 6.45) is -0.341. The maximum Gasteiger partial charge on any atom is 0.408 e. The van der Waals surface area contributed by atoms with E-state index in [0.29, 0.717) is 6.29 Å². The summed E-state index contributed by atoms with van der Waals surface area (Å²) in [6, 6.07) is 0. The Bertz CT molecular complexity index is 229. The topological polar surface area (TPSA) is 72.5 Å². The Kier molecular flexibility index (Phi) is 4.83. The Balaban J connectivity index is 3.75. The molecule has 0 spiro atoms. The lowest BCUT2D eigenvalue weighted by molar-refractivity contribution is -0.121. The van der Waals surface area contributed by atoms with Gasteiger partial charge in [-0.1, -0.05) is 0 Å². The van der Waals surface area contributed by atoms with E-state index in [1.54, 1.807) is 20.8 Å². The normalized spacial score (nSPS) is 10.5. The summed E-state index contributed by atoms with van der Waals surface area (Å²) in [5.41, 5.74) is -0.586. The van der Waals surface area contributed by atoms with Crippen molar-refractivity contribution in [2.24, 2.45) is 0 Å². The molecule has 0 aromatic carbocycles. The maximum atomic E-state index is 11.0. The van der Waals surface area contributed by atoms with Crippen molar-refractivity contribution < 1.29 is 19.1 Å². The second kappa shape index (κ2) is 5.36. The molecule has 0 saturated heterocycles. The fourth-order valence-electron chi connectivity index (χ4n) is 0.650. The zero-order valence-corrected chi connectivity index (χ0v) is 8.62. The number of amides is 1. The van der Waals surface area contributed by atoms with E-state index in [4.69, 9.17) is 4.74 Å². The molecule has 0 aliphatic rings. The standard InChI is InChI=1S/C9H15NO4/c1-9(2,3)14-8(13)10-6-7(12)4-5-11/h5H,4,6H2,1-3H3,(H,10,13). The summed E-state index contributed by atoms with van der Waals surface area (Å²) < 4.78 is 4.88. The van der Waals surface area contributed by atoms with Gasteiger partial charge < -0.3 is 14.8 Å². The number of hydrogen-bond donors (Lipinski definition) is 1. The third-order valence-electron chi connectivity index (χ3n) is 1.14. The molecule has 0 atom stereocenters. The minimum atomic E-state index is -0.656. The number of aldehydes is 1. The van der Waals surface area contributed by atoms with Crippen LogP contribution < -0.4 is 5.32 Å². The highest BCUT2D eigenvalue weighted by molar-refractivity contribution is 5.92. The first kappa shape index (κ1) is 12.6. The van der Waals surface area contributed by atoms with Crippen molar-refractivity contribution in [2.45, 2.75) is 32.8 Å². The van der Waals surface area contributed by atoms with Gasteiger partial charge >= 0.3 is 6.09 Å². The summed E-state index contributed by atoms with van der Waals surface area (Å²) in [4.78, 5) is 31.7. The highest BCUT2D eigenvalue weighted by atomic mass is 16.6. The van der Waals surface area contributed by atoms with E-state index < -0.39 is 11.7 Å². The van der Waals surface area contributed by atoms with E-state index in [0.717, 1.165) is 0 Å². The summed E-state index contributed by atoms with van der Waals surface area (Å²) in [7, 11) is 0. The van der Waals surface area contributed by atoms with Gasteiger partial charge in [-0.15, -0.1) is 0 Å². The Morgan fingerprint density at radius 3 is 2.36 bits per heavy atom. The number of nitrogens with one attached hydrogen (secondary N) is 1. The Morgan fingerprint density at radius 2 is 1.93 bits per heavy atom. The van der Waals surface area contributed by atoms with Crippen molar-refractivity contribution >= 4 is 18.2 Å². The molecule has 0 aliphatic heterocycles. The van der Waals surface area contributed by atoms with Gasteiger partial charge in [0, 0.05) is 0 Å². The van der Waals surface area contributed by atoms with Crippen molar-refractivity contribution in [3.63, 3.8) is 0 Å². The SMILES string of the molecule is CC(C)(C)OC(=O)NCC(=O)CC=O. The smallest absolute Gasteiger partial charge is 0.408 e. The maximum absolute atomic E-state index is 11.0. The molecule has 0 heterocycles. The lowest BCUT2D eigenvalue weighted by atomic mass is 10.2. The van der Waals surface area contributed by atoms with Crippen molar-refractivity contribution in [1.29, 1.82) is 0 Å². The van der Waals surface area contributed by atoms with Crippen molar-refractivity contribution in [3.8, 4) is 0 Å². The summed E-state index contributed by atoms with van der Waals surface area (Å²) in [6.45, 7) is 4.99. The van der Waals surface area contributed by atoms with Crippen LogP contribution in [0.25, 0.3) is 0 Å². The predicted octanol–water partition coefficient (Wildman–Crippen LogP) is 0.669. The number of ether oxygens (including phenoxy) is 1. The van der Waals surface area contributed by atoms with Gasteiger partial charge in [-0.3, -0.25) is 4.79 Å². The number of carbonyl (C=O) groups is 3. The van der Waals surface area contributed by atoms with Crippen LogP contribution in [0.4, 0.5) is 4.79 Å². The van der Waals surface area contributed by atoms with Crippen LogP contribution in [0, 0.1) is 0 Å². The molecule has 0 fully saturated rings. The molecule has 0 bridgehead atoms. The highest BCUT2D eigenvalue weighted by Gasteiger charge is 2.16. The second-order valence-electron chi connectivity index (χ2n) is 3.76. The Hall–Kier alpha value is -1.39. The molecule has 1 N–H and O–H groups in total. The molecule has 1 amide bonds. The number of carbonyl (C=O) groups excluding carboxylic acids is 3. The molecule has 0 unspecified atom stereocenters. The minimum absolute atomic E-state index is 0.173. The Morgan fingerprint density at radius 1 is 1.36 bits per heavy atom. The fraction of sp³-hybridized carbons (Fsp3) is 0.667. The monoisotopic (exact) mass is 201 g/mol. The van der Waals surface area contributed by atoms with Crippen molar-refractivity contribution in [3.05, 3.63) is 0 Å². The summed E-state index contributed by atoms with van der Waals surface area (Å²) in [5.74, 6) is -0.342. The quantitative estimate of drug-likeness (QED) is 0.536. The zero-order chi connectivity index (χ0) is 11.2. The van der Waals surface area contributed by atoms with Gasteiger partial charge in [0.25, 0.3) is 0 Å². The van der Waals surface area contributed by atoms with Gasteiger partial charge in [0.05, 0.1) is 13.0 Å². The molecule has 0 aliphatic carbocycles. The van der Waals surface area contributed by atoms with Crippen LogP contribution in [-0.2, 0) is 14.3 Å². The summed E-state index contributed by atoms with van der Waals surface area (Å²) in [5, 5.41) is 2.25. The van der Waals surface area contributed by atoms with Gasteiger partial charge in [-0.25, -0.2) is 4.79 Å². The lowest BCUT2D eigenvalue weighted by Gasteiger charge is -2.19. The molecule has 5 heteroatoms. The molecule has 0 rings (SSSR count). The van der Waals surface area contributed by atoms with Crippen LogP contribution in [0.2, 0.25) is 0 Å². The van der Waals surface area contributed by atoms with Crippen LogP contribution in [0.1, 0.15) is 27.2 Å². The third kappa shape index (κ3) is 7.27. The predicted molar refractivity (Wildman–Crippen MR) is 49.9 cm³/mol. The third-order valence-corrected chi connectivity index (χ3v) is 1.14. The fourth-order valence-corrected chi connectivity index (χ4v) is 0.650. The number of alkyl carbamates (subject to hydrolysis) is 1. The molecule has 0 radical (unpaired) electrons. The van der Waals surface area contributed by atoms with Gasteiger partial charge in [0.1, 0.15) is 11.9 Å². The van der Waals surface area contributed by atoms with E-state index in [2.05, 4.69) is 5.32 Å². The van der Waals surface area contributed by atoms with Gasteiger partial charge in [0.2, 0.25) is 0 Å². The number of ketones is 1. The zero-order valence-electron chi connectivity index (χ0n) is 8.62. The van der Waals surface area contributed by atoms with Crippen molar-refractivity contribution in [1.82, 2.24) is 5.32 Å². The van der Waals surface area contributed by atoms with Crippen molar-refractivity contribution in [2.75, 3.05) is 6.54 Å². The largest absolute Gasteiger partial charge is 0.444 e. The molecular weight excluding hydrogens is 186 g/mol. The first-order chi connectivity index (χ1) is 6.35. The molecule has 0 saturated carbocycles. The lowest BCUT2D eigenvalue weighted by Crippen LogP contribution is -2.35. The van der Waals surface area contributed by atoms with Gasteiger partial charge in [-0.2, -0.15) is 0 Å². The van der Waals surface area contributed by atoms with Crippen LogP contribution in [0.3, 0.4) is 0 Å². The average Bonchev–Trinajstić information content (AvgIpc) is 1.98. The number of hydrogen-bond acceptors (Lipinski definition) is 4. The molecule has 0 aromatic rings. The Labute approximate surface area is 82.8 Å². The van der Waals surface area contributed by atoms with E-state index in [-0.39, 0.29) is 18.7 Å². The van der Waals surface area contributed by atoms with E-state index in [1.165, 1.54) is 0 Å². The highest BCUT2D eigenvalue weighted by Crippen LogP contribution is 2.05. The van der Waals surface area contributed by atoms with Crippen LogP contribution in [0.15, 0.2) is 0 Å². The van der Waals surface area contributed by atoms with E-state index >= 15 is 0 Å². The van der Waals surface area contributed by atoms with Gasteiger partial charge in [0.15, 0.2) is 5.78 Å². The number of Topliss-reactive ketones (excluding diaryl/α,β-unsaturated/α-hetero) is 1. The first-order valence-corrected chi connectivity index (χ1v) is 4.27. The van der Waals surface area contributed by atoms with Crippen LogP contribution in [-0.4, -0.2) is 30.3 Å². The molecule has 14 heavy (non-hydrogen) atoms. The average molecular weight is 201 g/mol. The second-order valence-corrected chi connectivity index (χ2v) is 3.76. The molecule has 80 valence electrons. The molecule has 5 nitrogen and oxygen atoms in total. The van der Waals surface area contributed by atoms with Crippen LogP contribution >= 0.6 is 0 Å². The molecule has 0 aromatic heterocycles. The van der Waals surface area contributed by atoms with E-state index in [1.807, 2.05) is 0 Å². The first-order valence-electron chi connectivity index (χ1n) is 4.27. The molecular formula is C9H15NO4. The van der Waals surface area contributed by atoms with Gasteiger partial charge in [-0.05, 0) is 20.8 Å².